The zero-order chi connectivity index (χ0) is 21.8. The van der Waals surface area contributed by atoms with Crippen LogP contribution in [0.1, 0.15) is 180 Å². The molecule has 0 saturated heterocycles. The standard InChI is InChI=1S/C32H48/c1-2-28-31(26-19-11-5-12-20-26)29(24-15-7-3-8-16-24)23-30(25-17-9-4-10-18-25)32(28)27-21-13-6-14-22-27/h2,23-27H,1,3-22H2. The van der Waals surface area contributed by atoms with E-state index in [0.717, 1.165) is 23.7 Å². The number of hydrogen-bond acceptors (Lipinski definition) is 0. The van der Waals surface area contributed by atoms with Crippen LogP contribution in [0.2, 0.25) is 0 Å². The summed E-state index contributed by atoms with van der Waals surface area (Å²) in [5.41, 5.74) is 8.91. The smallest absolute Gasteiger partial charge is 0.0153 e. The van der Waals surface area contributed by atoms with E-state index in [1.165, 1.54) is 128 Å². The van der Waals surface area contributed by atoms with E-state index in [1.807, 2.05) is 22.3 Å². The van der Waals surface area contributed by atoms with Gasteiger partial charge in [-0.1, -0.05) is 95.8 Å². The number of hydrogen-bond donors (Lipinski definition) is 0. The van der Waals surface area contributed by atoms with E-state index in [0.29, 0.717) is 0 Å². The zero-order valence-electron chi connectivity index (χ0n) is 20.8. The summed E-state index contributed by atoms with van der Waals surface area (Å²) in [4.78, 5) is 0. The molecule has 0 radical (unpaired) electrons. The second-order valence-corrected chi connectivity index (χ2v) is 11.8. The Balaban J connectivity index is 1.68. The predicted octanol–water partition coefficient (Wildman–Crippen LogP) is 10.5. The van der Waals surface area contributed by atoms with Gasteiger partial charge in [0.05, 0.1) is 0 Å². The van der Waals surface area contributed by atoms with Gasteiger partial charge in [0.25, 0.3) is 0 Å². The van der Waals surface area contributed by atoms with Crippen LogP contribution in [-0.2, 0) is 0 Å². The Morgan fingerprint density at radius 2 is 0.781 bits per heavy atom. The molecule has 0 bridgehead atoms. The first kappa shape index (κ1) is 22.7. The lowest BCUT2D eigenvalue weighted by atomic mass is 9.67. The minimum atomic E-state index is 0.802. The first-order chi connectivity index (χ1) is 15.9. The molecule has 0 heteroatoms. The maximum atomic E-state index is 4.51. The van der Waals surface area contributed by atoms with E-state index in [2.05, 4.69) is 18.7 Å². The van der Waals surface area contributed by atoms with Crippen LogP contribution in [0.3, 0.4) is 0 Å². The molecule has 0 amide bonds. The van der Waals surface area contributed by atoms with E-state index in [-0.39, 0.29) is 0 Å². The van der Waals surface area contributed by atoms with Gasteiger partial charge in [-0.3, -0.25) is 0 Å². The van der Waals surface area contributed by atoms with Gasteiger partial charge < -0.3 is 0 Å². The van der Waals surface area contributed by atoms with Crippen molar-refractivity contribution in [2.45, 2.75) is 152 Å². The van der Waals surface area contributed by atoms with Crippen molar-refractivity contribution in [1.82, 2.24) is 0 Å². The lowest BCUT2D eigenvalue weighted by molar-refractivity contribution is 0.405. The van der Waals surface area contributed by atoms with Crippen molar-refractivity contribution in [3.05, 3.63) is 40.5 Å². The molecule has 4 fully saturated rings. The Bertz CT molecular complexity index is 688. The Morgan fingerprint density at radius 1 is 0.469 bits per heavy atom. The molecule has 1 aromatic carbocycles. The summed E-state index contributed by atoms with van der Waals surface area (Å²) in [7, 11) is 0. The van der Waals surface area contributed by atoms with Crippen LogP contribution in [-0.4, -0.2) is 0 Å². The van der Waals surface area contributed by atoms with Gasteiger partial charge in [0.2, 0.25) is 0 Å². The Kier molecular flexibility index (Phi) is 7.76. The van der Waals surface area contributed by atoms with Gasteiger partial charge in [0.15, 0.2) is 0 Å². The van der Waals surface area contributed by atoms with Crippen LogP contribution in [0.25, 0.3) is 6.08 Å². The van der Waals surface area contributed by atoms with E-state index in [4.69, 9.17) is 0 Å². The van der Waals surface area contributed by atoms with E-state index < -0.39 is 0 Å². The largest absolute Gasteiger partial charge is 0.0984 e. The molecular weight excluding hydrogens is 384 g/mol. The molecule has 0 aliphatic heterocycles. The monoisotopic (exact) mass is 432 g/mol. The normalized spacial score (nSPS) is 25.1. The van der Waals surface area contributed by atoms with Crippen LogP contribution in [0, 0.1) is 0 Å². The van der Waals surface area contributed by atoms with Gasteiger partial charge in [0.1, 0.15) is 0 Å². The van der Waals surface area contributed by atoms with E-state index >= 15 is 0 Å². The lowest BCUT2D eigenvalue weighted by Crippen LogP contribution is -2.20. The maximum Gasteiger partial charge on any atom is -0.0153 e. The second kappa shape index (κ2) is 10.9. The molecule has 0 N–H and O–H groups in total. The van der Waals surface area contributed by atoms with Gasteiger partial charge in [-0.15, -0.1) is 0 Å². The molecule has 176 valence electrons. The van der Waals surface area contributed by atoms with Gasteiger partial charge >= 0.3 is 0 Å². The molecule has 0 spiro atoms. The summed E-state index contributed by atoms with van der Waals surface area (Å²) >= 11 is 0. The summed E-state index contributed by atoms with van der Waals surface area (Å²) in [6.45, 7) is 4.51. The molecule has 0 heterocycles. The molecule has 0 aromatic heterocycles. The maximum absolute atomic E-state index is 4.51. The van der Waals surface area contributed by atoms with Crippen LogP contribution in [0.4, 0.5) is 0 Å². The molecule has 4 saturated carbocycles. The molecule has 0 unspecified atom stereocenters. The molecule has 4 aliphatic carbocycles. The topological polar surface area (TPSA) is 0 Å². The zero-order valence-corrected chi connectivity index (χ0v) is 20.8. The fraction of sp³-hybridized carbons (Fsp3) is 0.750. The highest BCUT2D eigenvalue weighted by molar-refractivity contribution is 5.65. The fourth-order valence-electron chi connectivity index (χ4n) is 8.20. The molecule has 1 aromatic rings. The van der Waals surface area contributed by atoms with Gasteiger partial charge in [-0.05, 0) is 103 Å². The third-order valence-electron chi connectivity index (χ3n) is 9.83. The molecule has 32 heavy (non-hydrogen) atoms. The average molecular weight is 433 g/mol. The lowest BCUT2D eigenvalue weighted by Gasteiger charge is -2.37. The second-order valence-electron chi connectivity index (χ2n) is 11.8. The molecular formula is C32H48. The van der Waals surface area contributed by atoms with E-state index in [9.17, 15) is 0 Å². The average Bonchev–Trinajstić information content (AvgIpc) is 2.89. The van der Waals surface area contributed by atoms with Crippen molar-refractivity contribution >= 4 is 6.08 Å². The van der Waals surface area contributed by atoms with Crippen molar-refractivity contribution in [2.75, 3.05) is 0 Å². The molecule has 4 aliphatic rings. The molecule has 5 rings (SSSR count). The highest BCUT2D eigenvalue weighted by atomic mass is 14.4. The Labute approximate surface area is 198 Å². The van der Waals surface area contributed by atoms with Crippen LogP contribution >= 0.6 is 0 Å². The van der Waals surface area contributed by atoms with Crippen LogP contribution < -0.4 is 0 Å². The highest BCUT2D eigenvalue weighted by Gasteiger charge is 2.33. The van der Waals surface area contributed by atoms with Crippen molar-refractivity contribution in [3.63, 3.8) is 0 Å². The fourth-order valence-corrected chi connectivity index (χ4v) is 8.20. The van der Waals surface area contributed by atoms with Crippen molar-refractivity contribution in [3.8, 4) is 0 Å². The first-order valence-electron chi connectivity index (χ1n) is 14.7. The van der Waals surface area contributed by atoms with Crippen LogP contribution in [0.15, 0.2) is 12.6 Å². The van der Waals surface area contributed by atoms with Gasteiger partial charge in [-0.25, -0.2) is 0 Å². The van der Waals surface area contributed by atoms with Crippen molar-refractivity contribution in [1.29, 1.82) is 0 Å². The van der Waals surface area contributed by atoms with Crippen molar-refractivity contribution < 1.29 is 0 Å². The Hall–Kier alpha value is -1.04. The third-order valence-corrected chi connectivity index (χ3v) is 9.83. The highest BCUT2D eigenvalue weighted by Crippen LogP contribution is 2.50. The van der Waals surface area contributed by atoms with E-state index in [1.54, 1.807) is 5.56 Å². The van der Waals surface area contributed by atoms with Gasteiger partial charge in [0, 0.05) is 0 Å². The number of rotatable bonds is 5. The third kappa shape index (κ3) is 4.76. The summed E-state index contributed by atoms with van der Waals surface area (Å²) < 4.78 is 0. The first-order valence-corrected chi connectivity index (χ1v) is 14.7. The summed E-state index contributed by atoms with van der Waals surface area (Å²) in [6, 6.07) is 2.85. The van der Waals surface area contributed by atoms with Crippen LogP contribution in [0.5, 0.6) is 0 Å². The summed E-state index contributed by atoms with van der Waals surface area (Å²) in [5, 5.41) is 0. The minimum absolute atomic E-state index is 0.802. The Morgan fingerprint density at radius 3 is 1.09 bits per heavy atom. The minimum Gasteiger partial charge on any atom is -0.0984 e. The van der Waals surface area contributed by atoms with Gasteiger partial charge in [-0.2, -0.15) is 0 Å². The predicted molar refractivity (Wildman–Crippen MR) is 140 cm³/mol. The summed E-state index contributed by atoms with van der Waals surface area (Å²) in [5.74, 6) is 3.25. The summed E-state index contributed by atoms with van der Waals surface area (Å²) in [6.07, 6.45) is 31.1. The van der Waals surface area contributed by atoms with Crippen molar-refractivity contribution in [2.24, 2.45) is 0 Å². The quantitative estimate of drug-likeness (QED) is 0.434. The molecule has 0 atom stereocenters. The molecule has 0 nitrogen and oxygen atoms in total. The number of benzene rings is 1. The SMILES string of the molecule is C=Cc1c(C2CCCCC2)c(C2CCCCC2)cc(C2CCCCC2)c1C1CCCCC1.